The Morgan fingerprint density at radius 3 is 2.86 bits per heavy atom. The monoisotopic (exact) mass is 290 g/mol. The summed E-state index contributed by atoms with van der Waals surface area (Å²) in [5, 5.41) is 3.75. The summed E-state index contributed by atoms with van der Waals surface area (Å²) in [6, 6.07) is 7.43. The van der Waals surface area contributed by atoms with Crippen molar-refractivity contribution < 1.29 is 9.47 Å². The molecule has 21 heavy (non-hydrogen) atoms. The summed E-state index contributed by atoms with van der Waals surface area (Å²) in [7, 11) is 3.39. The SMILES string of the molecule is COc1cccc(CNC2CCN3CCCCC23)c1OC. The number of hydrogen-bond donors (Lipinski definition) is 1. The number of piperidine rings is 1. The Hall–Kier alpha value is -1.26. The van der Waals surface area contributed by atoms with Gasteiger partial charge < -0.3 is 14.8 Å². The molecule has 0 amide bonds. The maximum Gasteiger partial charge on any atom is 0.165 e. The van der Waals surface area contributed by atoms with Crippen molar-refractivity contribution in [2.75, 3.05) is 27.3 Å². The van der Waals surface area contributed by atoms with Gasteiger partial charge in [0.25, 0.3) is 0 Å². The summed E-state index contributed by atoms with van der Waals surface area (Å²) in [6.07, 6.45) is 5.35. The van der Waals surface area contributed by atoms with Gasteiger partial charge in [0, 0.05) is 30.7 Å². The molecule has 1 N–H and O–H groups in total. The van der Waals surface area contributed by atoms with Crippen LogP contribution in [0.25, 0.3) is 0 Å². The van der Waals surface area contributed by atoms with Crippen LogP contribution in [0.3, 0.4) is 0 Å². The van der Waals surface area contributed by atoms with Crippen molar-refractivity contribution in [3.8, 4) is 11.5 Å². The van der Waals surface area contributed by atoms with Crippen LogP contribution in [0.4, 0.5) is 0 Å². The molecular weight excluding hydrogens is 264 g/mol. The molecule has 1 aromatic rings. The summed E-state index contributed by atoms with van der Waals surface area (Å²) in [5.41, 5.74) is 1.17. The molecule has 2 fully saturated rings. The van der Waals surface area contributed by atoms with Crippen molar-refractivity contribution in [3.63, 3.8) is 0 Å². The molecule has 0 aromatic heterocycles. The average Bonchev–Trinajstić information content (AvgIpc) is 2.95. The molecule has 3 rings (SSSR count). The molecule has 4 heteroatoms. The molecule has 2 heterocycles. The summed E-state index contributed by atoms with van der Waals surface area (Å²) >= 11 is 0. The van der Waals surface area contributed by atoms with Crippen molar-refractivity contribution in [2.24, 2.45) is 0 Å². The van der Waals surface area contributed by atoms with Gasteiger partial charge >= 0.3 is 0 Å². The third-order valence-corrected chi connectivity index (χ3v) is 4.90. The van der Waals surface area contributed by atoms with Crippen molar-refractivity contribution >= 4 is 0 Å². The second-order valence-corrected chi connectivity index (χ2v) is 6.03. The first kappa shape index (κ1) is 14.7. The topological polar surface area (TPSA) is 33.7 Å². The van der Waals surface area contributed by atoms with Crippen molar-refractivity contribution in [1.82, 2.24) is 10.2 Å². The van der Waals surface area contributed by atoms with Crippen LogP contribution in [0.1, 0.15) is 31.2 Å². The summed E-state index contributed by atoms with van der Waals surface area (Å²) in [5.74, 6) is 1.66. The maximum atomic E-state index is 5.51. The number of benzene rings is 1. The Kier molecular flexibility index (Phi) is 4.66. The molecule has 0 aliphatic carbocycles. The number of para-hydroxylation sites is 1. The Morgan fingerprint density at radius 1 is 1.14 bits per heavy atom. The first-order chi connectivity index (χ1) is 10.3. The van der Waals surface area contributed by atoms with Gasteiger partial charge in [0.15, 0.2) is 11.5 Å². The first-order valence-corrected chi connectivity index (χ1v) is 8.01. The van der Waals surface area contributed by atoms with E-state index in [0.29, 0.717) is 6.04 Å². The van der Waals surface area contributed by atoms with Crippen molar-refractivity contribution in [3.05, 3.63) is 23.8 Å². The predicted molar refractivity (Wildman–Crippen MR) is 84.0 cm³/mol. The molecule has 0 radical (unpaired) electrons. The number of ether oxygens (including phenoxy) is 2. The Balaban J connectivity index is 1.65. The minimum atomic E-state index is 0.612. The third-order valence-electron chi connectivity index (χ3n) is 4.90. The lowest BCUT2D eigenvalue weighted by atomic mass is 9.99. The Bertz CT molecular complexity index is 478. The van der Waals surface area contributed by atoms with E-state index in [2.05, 4.69) is 16.3 Å². The number of fused-ring (bicyclic) bond motifs is 1. The standard InChI is InChI=1S/C17H26N2O2/c1-20-16-8-5-6-13(17(16)21-2)12-18-14-9-11-19-10-4-3-7-15(14)19/h5-6,8,14-15,18H,3-4,7,9-12H2,1-2H3. The van der Waals surface area contributed by atoms with E-state index in [-0.39, 0.29) is 0 Å². The molecule has 0 bridgehead atoms. The fourth-order valence-electron chi connectivity index (χ4n) is 3.82. The minimum absolute atomic E-state index is 0.612. The highest BCUT2D eigenvalue weighted by Crippen LogP contribution is 2.32. The highest BCUT2D eigenvalue weighted by atomic mass is 16.5. The smallest absolute Gasteiger partial charge is 0.165 e. The molecule has 2 unspecified atom stereocenters. The highest BCUT2D eigenvalue weighted by molar-refractivity contribution is 5.46. The number of nitrogens with zero attached hydrogens (tertiary/aromatic N) is 1. The van der Waals surface area contributed by atoms with Crippen LogP contribution in [0, 0.1) is 0 Å². The van der Waals surface area contributed by atoms with Gasteiger partial charge in [-0.2, -0.15) is 0 Å². The lowest BCUT2D eigenvalue weighted by Gasteiger charge is -2.32. The molecular formula is C17H26N2O2. The average molecular weight is 290 g/mol. The lowest BCUT2D eigenvalue weighted by Crippen LogP contribution is -2.44. The van der Waals surface area contributed by atoms with Crippen LogP contribution in [-0.4, -0.2) is 44.3 Å². The second-order valence-electron chi connectivity index (χ2n) is 6.03. The summed E-state index contributed by atoms with van der Waals surface area (Å²) in [6.45, 7) is 3.37. The van der Waals surface area contributed by atoms with Gasteiger partial charge in [0.05, 0.1) is 14.2 Å². The van der Waals surface area contributed by atoms with E-state index in [9.17, 15) is 0 Å². The molecule has 2 atom stereocenters. The van der Waals surface area contributed by atoms with Crippen molar-refractivity contribution in [1.29, 1.82) is 0 Å². The predicted octanol–water partition coefficient (Wildman–Crippen LogP) is 2.42. The fraction of sp³-hybridized carbons (Fsp3) is 0.647. The Labute approximate surface area is 127 Å². The fourth-order valence-corrected chi connectivity index (χ4v) is 3.82. The van der Waals surface area contributed by atoms with E-state index in [1.807, 2.05) is 12.1 Å². The molecule has 4 nitrogen and oxygen atoms in total. The van der Waals surface area contributed by atoms with E-state index in [0.717, 1.165) is 24.1 Å². The van der Waals surface area contributed by atoms with Gasteiger partial charge in [0.1, 0.15) is 0 Å². The zero-order valence-corrected chi connectivity index (χ0v) is 13.1. The van der Waals surface area contributed by atoms with E-state index >= 15 is 0 Å². The van der Waals surface area contributed by atoms with E-state index in [1.54, 1.807) is 14.2 Å². The minimum Gasteiger partial charge on any atom is -0.493 e. The van der Waals surface area contributed by atoms with E-state index < -0.39 is 0 Å². The molecule has 0 spiro atoms. The van der Waals surface area contributed by atoms with Crippen LogP contribution in [-0.2, 0) is 6.54 Å². The zero-order valence-electron chi connectivity index (χ0n) is 13.1. The first-order valence-electron chi connectivity index (χ1n) is 8.01. The summed E-state index contributed by atoms with van der Waals surface area (Å²) < 4.78 is 10.9. The Morgan fingerprint density at radius 2 is 2.05 bits per heavy atom. The molecule has 2 aliphatic heterocycles. The second kappa shape index (κ2) is 6.67. The van der Waals surface area contributed by atoms with Crippen LogP contribution < -0.4 is 14.8 Å². The largest absolute Gasteiger partial charge is 0.493 e. The maximum absolute atomic E-state index is 5.51. The van der Waals surface area contributed by atoms with Gasteiger partial charge in [-0.05, 0) is 31.9 Å². The van der Waals surface area contributed by atoms with Crippen LogP contribution in [0.2, 0.25) is 0 Å². The van der Waals surface area contributed by atoms with Gasteiger partial charge in [-0.15, -0.1) is 0 Å². The van der Waals surface area contributed by atoms with Crippen LogP contribution >= 0.6 is 0 Å². The van der Waals surface area contributed by atoms with Crippen LogP contribution in [0.15, 0.2) is 18.2 Å². The molecule has 116 valence electrons. The zero-order chi connectivity index (χ0) is 14.7. The quantitative estimate of drug-likeness (QED) is 0.903. The van der Waals surface area contributed by atoms with Gasteiger partial charge in [0.2, 0.25) is 0 Å². The van der Waals surface area contributed by atoms with Gasteiger partial charge in [-0.25, -0.2) is 0 Å². The van der Waals surface area contributed by atoms with Crippen molar-refractivity contribution in [2.45, 2.75) is 44.3 Å². The third kappa shape index (κ3) is 3.01. The van der Waals surface area contributed by atoms with Crippen LogP contribution in [0.5, 0.6) is 11.5 Å². The normalized spacial score (nSPS) is 25.6. The lowest BCUT2D eigenvalue weighted by molar-refractivity contribution is 0.180. The molecule has 2 saturated heterocycles. The summed E-state index contributed by atoms with van der Waals surface area (Å²) in [4.78, 5) is 2.66. The number of nitrogens with one attached hydrogen (secondary N) is 1. The molecule has 1 aromatic carbocycles. The highest BCUT2D eigenvalue weighted by Gasteiger charge is 2.35. The van der Waals surface area contributed by atoms with E-state index in [1.165, 1.54) is 44.3 Å². The molecule has 0 saturated carbocycles. The molecule has 2 aliphatic rings. The number of hydrogen-bond acceptors (Lipinski definition) is 4. The van der Waals surface area contributed by atoms with E-state index in [4.69, 9.17) is 9.47 Å². The van der Waals surface area contributed by atoms with Gasteiger partial charge in [-0.3, -0.25) is 4.90 Å². The van der Waals surface area contributed by atoms with Gasteiger partial charge in [-0.1, -0.05) is 18.6 Å². The number of rotatable bonds is 5. The number of methoxy groups -OCH3 is 2.